The highest BCUT2D eigenvalue weighted by molar-refractivity contribution is 7.19. The number of fused-ring (bicyclic) bond motifs is 1. The predicted octanol–water partition coefficient (Wildman–Crippen LogP) is 3.31. The van der Waals surface area contributed by atoms with Gasteiger partial charge in [-0.3, -0.25) is 0 Å². The first-order chi connectivity index (χ1) is 9.19. The van der Waals surface area contributed by atoms with E-state index in [9.17, 15) is 0 Å². The SMILES string of the molecule is COCc1nnc2sc(-c3cc(Cl)ccc3Cl)nn12. The van der Waals surface area contributed by atoms with Crippen LogP contribution < -0.4 is 0 Å². The molecule has 0 amide bonds. The maximum atomic E-state index is 6.16. The molecule has 8 heteroatoms. The van der Waals surface area contributed by atoms with Gasteiger partial charge in [-0.15, -0.1) is 10.2 Å². The number of methoxy groups -OCH3 is 1. The molecule has 2 aromatic heterocycles. The van der Waals surface area contributed by atoms with Gasteiger partial charge in [0, 0.05) is 17.7 Å². The van der Waals surface area contributed by atoms with E-state index in [0.717, 1.165) is 10.6 Å². The molecule has 0 N–H and O–H groups in total. The monoisotopic (exact) mass is 314 g/mol. The fourth-order valence-corrected chi connectivity index (χ4v) is 2.97. The minimum Gasteiger partial charge on any atom is -0.377 e. The van der Waals surface area contributed by atoms with Gasteiger partial charge in [-0.25, -0.2) is 0 Å². The Morgan fingerprint density at radius 3 is 2.95 bits per heavy atom. The number of halogens is 2. The van der Waals surface area contributed by atoms with Crippen molar-refractivity contribution in [1.82, 2.24) is 19.8 Å². The van der Waals surface area contributed by atoms with Crippen LogP contribution in [-0.2, 0) is 11.3 Å². The third-order valence-corrected chi connectivity index (χ3v) is 3.98. The third kappa shape index (κ3) is 2.32. The standard InChI is InChI=1S/C11H8Cl2N4OS/c1-18-5-9-14-15-11-17(9)16-10(19-11)7-4-6(12)2-3-8(7)13/h2-4H,5H2,1H3. The molecule has 0 aliphatic heterocycles. The molecule has 0 unspecified atom stereocenters. The summed E-state index contributed by atoms with van der Waals surface area (Å²) in [5.41, 5.74) is 0.785. The first-order valence-electron chi connectivity index (χ1n) is 5.34. The topological polar surface area (TPSA) is 52.3 Å². The van der Waals surface area contributed by atoms with Crippen molar-refractivity contribution in [1.29, 1.82) is 0 Å². The number of rotatable bonds is 3. The number of hydrogen-bond acceptors (Lipinski definition) is 5. The van der Waals surface area contributed by atoms with Crippen molar-refractivity contribution in [2.45, 2.75) is 6.61 Å². The Morgan fingerprint density at radius 1 is 1.32 bits per heavy atom. The Hall–Kier alpha value is -1.21. The van der Waals surface area contributed by atoms with Crippen molar-refractivity contribution < 1.29 is 4.74 Å². The Kier molecular flexibility index (Phi) is 3.40. The molecule has 0 bridgehead atoms. The molecule has 3 rings (SSSR count). The van der Waals surface area contributed by atoms with Crippen LogP contribution in [0.3, 0.4) is 0 Å². The quantitative estimate of drug-likeness (QED) is 0.744. The van der Waals surface area contributed by atoms with E-state index in [1.54, 1.807) is 29.8 Å². The molecule has 1 aromatic carbocycles. The molecule has 98 valence electrons. The van der Waals surface area contributed by atoms with Crippen LogP contribution in [0, 0.1) is 0 Å². The maximum absolute atomic E-state index is 6.16. The van der Waals surface area contributed by atoms with Crippen molar-refractivity contribution in [2.24, 2.45) is 0 Å². The smallest absolute Gasteiger partial charge is 0.235 e. The second kappa shape index (κ2) is 5.05. The summed E-state index contributed by atoms with van der Waals surface area (Å²) in [5, 5.41) is 14.5. The van der Waals surface area contributed by atoms with Crippen LogP contribution in [0.25, 0.3) is 15.5 Å². The number of hydrogen-bond donors (Lipinski definition) is 0. The summed E-state index contributed by atoms with van der Waals surface area (Å²) in [5.74, 6) is 0.651. The maximum Gasteiger partial charge on any atom is 0.235 e. The zero-order valence-electron chi connectivity index (χ0n) is 9.80. The van der Waals surface area contributed by atoms with Gasteiger partial charge in [-0.2, -0.15) is 9.61 Å². The first-order valence-corrected chi connectivity index (χ1v) is 6.92. The number of nitrogens with zero attached hydrogens (tertiary/aromatic N) is 4. The summed E-state index contributed by atoms with van der Waals surface area (Å²) in [7, 11) is 1.60. The summed E-state index contributed by atoms with van der Waals surface area (Å²) in [4.78, 5) is 0.693. The lowest BCUT2D eigenvalue weighted by Crippen LogP contribution is -1.97. The molecule has 0 fully saturated rings. The van der Waals surface area contributed by atoms with Gasteiger partial charge < -0.3 is 4.74 Å². The van der Waals surface area contributed by atoms with Crippen molar-refractivity contribution in [3.63, 3.8) is 0 Å². The van der Waals surface area contributed by atoms with Crippen LogP contribution >= 0.6 is 34.5 Å². The van der Waals surface area contributed by atoms with E-state index in [1.807, 2.05) is 0 Å². The molecule has 0 aliphatic carbocycles. The number of ether oxygens (including phenoxy) is 1. The Morgan fingerprint density at radius 2 is 2.16 bits per heavy atom. The third-order valence-electron chi connectivity index (χ3n) is 2.49. The average molecular weight is 315 g/mol. The normalized spacial score (nSPS) is 11.3. The summed E-state index contributed by atoms with van der Waals surface area (Å²) < 4.78 is 6.70. The molecule has 0 saturated carbocycles. The van der Waals surface area contributed by atoms with Gasteiger partial charge in [0.15, 0.2) is 5.82 Å². The molecule has 5 nitrogen and oxygen atoms in total. The number of benzene rings is 1. The van der Waals surface area contributed by atoms with Gasteiger partial charge in [-0.05, 0) is 18.2 Å². The van der Waals surface area contributed by atoms with Crippen LogP contribution in [0.2, 0.25) is 10.0 Å². The second-order valence-corrected chi connectivity index (χ2v) is 5.57. The minimum absolute atomic E-state index is 0.355. The molecule has 3 aromatic rings. The highest BCUT2D eigenvalue weighted by Gasteiger charge is 2.14. The van der Waals surface area contributed by atoms with Gasteiger partial charge in [0.05, 0.1) is 5.02 Å². The fourth-order valence-electron chi connectivity index (χ4n) is 1.65. The lowest BCUT2D eigenvalue weighted by Gasteiger charge is -2.00. The summed E-state index contributed by atoms with van der Waals surface area (Å²) in [6.07, 6.45) is 0. The van der Waals surface area contributed by atoms with Crippen LogP contribution in [0.15, 0.2) is 18.2 Å². The molecule has 2 heterocycles. The predicted molar refractivity (Wildman–Crippen MR) is 74.8 cm³/mol. The van der Waals surface area contributed by atoms with Crippen LogP contribution in [0.4, 0.5) is 0 Å². The van der Waals surface area contributed by atoms with Crippen molar-refractivity contribution in [3.05, 3.63) is 34.1 Å². The average Bonchev–Trinajstić information content (AvgIpc) is 2.95. The first kappa shape index (κ1) is 12.8. The van der Waals surface area contributed by atoms with Crippen molar-refractivity contribution in [2.75, 3.05) is 7.11 Å². The van der Waals surface area contributed by atoms with E-state index in [2.05, 4.69) is 15.3 Å². The molecule has 0 aliphatic rings. The zero-order valence-corrected chi connectivity index (χ0v) is 12.1. The van der Waals surface area contributed by atoms with Crippen LogP contribution in [-0.4, -0.2) is 26.9 Å². The molecule has 0 spiro atoms. The molecule has 0 radical (unpaired) electrons. The Balaban J connectivity index is 2.12. The Labute approximate surface area is 122 Å². The van der Waals surface area contributed by atoms with Crippen molar-refractivity contribution >= 4 is 39.5 Å². The van der Waals surface area contributed by atoms with Crippen LogP contribution in [0.1, 0.15) is 5.82 Å². The van der Waals surface area contributed by atoms with E-state index in [0.29, 0.717) is 27.4 Å². The van der Waals surface area contributed by atoms with Gasteiger partial charge in [0.25, 0.3) is 0 Å². The molecule has 0 saturated heterocycles. The lowest BCUT2D eigenvalue weighted by molar-refractivity contribution is 0.176. The molecular weight excluding hydrogens is 307 g/mol. The van der Waals surface area contributed by atoms with Gasteiger partial charge >= 0.3 is 0 Å². The van der Waals surface area contributed by atoms with E-state index >= 15 is 0 Å². The highest BCUT2D eigenvalue weighted by Crippen LogP contribution is 2.33. The molecule has 19 heavy (non-hydrogen) atoms. The molecule has 0 atom stereocenters. The fraction of sp³-hybridized carbons (Fsp3) is 0.182. The van der Waals surface area contributed by atoms with Crippen LogP contribution in [0.5, 0.6) is 0 Å². The second-order valence-electron chi connectivity index (χ2n) is 3.78. The van der Waals surface area contributed by atoms with E-state index in [4.69, 9.17) is 27.9 Å². The highest BCUT2D eigenvalue weighted by atomic mass is 35.5. The Bertz CT molecular complexity index is 739. The van der Waals surface area contributed by atoms with Crippen molar-refractivity contribution in [3.8, 4) is 10.6 Å². The van der Waals surface area contributed by atoms with Gasteiger partial charge in [0.1, 0.15) is 11.6 Å². The summed E-state index contributed by atoms with van der Waals surface area (Å²) >= 11 is 13.5. The van der Waals surface area contributed by atoms with E-state index in [1.165, 1.54) is 11.3 Å². The van der Waals surface area contributed by atoms with Gasteiger partial charge in [-0.1, -0.05) is 34.5 Å². The minimum atomic E-state index is 0.355. The van der Waals surface area contributed by atoms with Gasteiger partial charge in [0.2, 0.25) is 4.96 Å². The lowest BCUT2D eigenvalue weighted by atomic mass is 10.2. The largest absolute Gasteiger partial charge is 0.377 e. The summed E-state index contributed by atoms with van der Waals surface area (Å²) in [6, 6.07) is 5.27. The van der Waals surface area contributed by atoms with E-state index < -0.39 is 0 Å². The number of aromatic nitrogens is 4. The van der Waals surface area contributed by atoms with E-state index in [-0.39, 0.29) is 0 Å². The summed E-state index contributed by atoms with van der Waals surface area (Å²) in [6.45, 7) is 0.355. The zero-order chi connectivity index (χ0) is 13.4. The molecular formula is C11H8Cl2N4OS.